The molecule has 4 aliphatic rings. The smallest absolute Gasteiger partial charge is 0.317 e. The monoisotopic (exact) mass is 540 g/mol. The van der Waals surface area contributed by atoms with Crippen LogP contribution in [0, 0.1) is 0 Å². The molecule has 0 saturated carbocycles. The molecule has 4 aliphatic heterocycles. The molecule has 0 aliphatic carbocycles. The minimum absolute atomic E-state index is 0.0691. The van der Waals surface area contributed by atoms with Gasteiger partial charge in [0.05, 0.1) is 0 Å². The first kappa shape index (κ1) is 21.3. The van der Waals surface area contributed by atoms with E-state index in [1.54, 1.807) is 0 Å². The Bertz CT molecular complexity index is 2290. The largest absolute Gasteiger partial charge is 0.347 e. The maximum atomic E-state index is 5.23. The molecule has 10 rings (SSSR count). The molecule has 188 valence electrons. The third kappa shape index (κ3) is 2.77. The minimum atomic E-state index is 0.0691. The lowest BCUT2D eigenvalue weighted by Gasteiger charge is -2.10. The highest BCUT2D eigenvalue weighted by atomic mass is 28.2. The summed E-state index contributed by atoms with van der Waals surface area (Å²) >= 11 is 0. The highest BCUT2D eigenvalue weighted by molar-refractivity contribution is 6.37. The Hall–Kier alpha value is -5.54. The topological polar surface area (TPSA) is 84.0 Å². The molecule has 0 unspecified atom stereocenters. The molecular weight excluding hydrogens is 524 g/mol. The molecular formula is C32H16N8Si. The van der Waals surface area contributed by atoms with Gasteiger partial charge in [0.1, 0.15) is 22.6 Å². The molecule has 6 aromatic rings. The third-order valence-corrected chi connectivity index (χ3v) is 9.20. The lowest BCUT2D eigenvalue weighted by molar-refractivity contribution is 0.992. The second-order valence-corrected chi connectivity index (χ2v) is 11.3. The van der Waals surface area contributed by atoms with Crippen molar-refractivity contribution in [3.63, 3.8) is 0 Å². The first-order chi connectivity index (χ1) is 20.3. The van der Waals surface area contributed by atoms with Gasteiger partial charge in [0.2, 0.25) is 0 Å². The normalized spacial score (nSPS) is 15.7. The maximum absolute atomic E-state index is 5.23. The number of benzene rings is 4. The number of hydrogen-bond acceptors (Lipinski definition) is 6. The molecule has 0 N–H and O–H groups in total. The number of hydrogen-bond donors (Lipinski definition) is 0. The Morgan fingerprint density at radius 3 is 1.17 bits per heavy atom. The predicted octanol–water partition coefficient (Wildman–Crippen LogP) is 4.47. The van der Waals surface area contributed by atoms with Crippen molar-refractivity contribution in [1.82, 2.24) is 8.47 Å². The van der Waals surface area contributed by atoms with Crippen LogP contribution in [0.4, 0.5) is 11.6 Å². The number of aliphatic imine (C=N–C) groups is 4. The highest BCUT2D eigenvalue weighted by Crippen LogP contribution is 2.39. The van der Waals surface area contributed by atoms with Gasteiger partial charge in [-0.05, 0) is 0 Å². The summed E-state index contributed by atoms with van der Waals surface area (Å²) in [7, 11) is 0.0691. The summed E-state index contributed by atoms with van der Waals surface area (Å²) < 4.78 is 4.37. The standard InChI is InChI=1S/C32H16N8Si/c1-2-10-18-17(9-1)25-33-26(18)36-30-23-15-7-8-16-24(23)32-38-28-20-12-4-3-11-19(20)27(34-28)37-31-22-14-6-5-13-21(22)29(35-25)39(31)41-40(30)32/h1-16H. The fourth-order valence-electron chi connectivity index (χ4n) is 6.09. The van der Waals surface area contributed by atoms with Gasteiger partial charge in [0.25, 0.3) is 0 Å². The van der Waals surface area contributed by atoms with Crippen LogP contribution in [0.2, 0.25) is 0 Å². The van der Waals surface area contributed by atoms with Crippen LogP contribution in [0.5, 0.6) is 0 Å². The highest BCUT2D eigenvalue weighted by Gasteiger charge is 2.29. The van der Waals surface area contributed by atoms with Crippen LogP contribution in [-0.4, -0.2) is 41.7 Å². The van der Waals surface area contributed by atoms with E-state index in [4.69, 9.17) is 30.0 Å². The molecule has 0 saturated heterocycles. The summed E-state index contributed by atoms with van der Waals surface area (Å²) in [4.78, 5) is 30.9. The van der Waals surface area contributed by atoms with E-state index in [2.05, 4.69) is 57.0 Å². The van der Waals surface area contributed by atoms with Crippen LogP contribution in [-0.2, 0) is 0 Å². The molecule has 2 radical (unpaired) electrons. The summed E-state index contributed by atoms with van der Waals surface area (Å²) in [6, 6.07) is 33.0. The van der Waals surface area contributed by atoms with Crippen molar-refractivity contribution in [3.05, 3.63) is 130 Å². The van der Waals surface area contributed by atoms with E-state index in [0.717, 1.165) is 66.4 Å². The van der Waals surface area contributed by atoms with Gasteiger partial charge in [-0.25, -0.2) is 30.0 Å². The fraction of sp³-hybridized carbons (Fsp3) is 0. The van der Waals surface area contributed by atoms with Gasteiger partial charge < -0.3 is 8.47 Å². The van der Waals surface area contributed by atoms with Gasteiger partial charge in [-0.2, -0.15) is 0 Å². The zero-order valence-corrected chi connectivity index (χ0v) is 22.3. The van der Waals surface area contributed by atoms with E-state index in [-0.39, 0.29) is 9.84 Å². The van der Waals surface area contributed by atoms with Crippen LogP contribution < -0.4 is 11.0 Å². The van der Waals surface area contributed by atoms with Crippen molar-refractivity contribution in [2.75, 3.05) is 0 Å². The molecule has 0 spiro atoms. The second kappa shape index (κ2) is 7.55. The Morgan fingerprint density at radius 1 is 0.366 bits per heavy atom. The van der Waals surface area contributed by atoms with Crippen molar-refractivity contribution >= 4 is 66.4 Å². The molecule has 0 fully saturated rings. The lowest BCUT2D eigenvalue weighted by atomic mass is 10.1. The van der Waals surface area contributed by atoms with Crippen LogP contribution >= 0.6 is 0 Å². The minimum Gasteiger partial charge on any atom is -0.317 e. The molecule has 9 heteroatoms. The maximum Gasteiger partial charge on any atom is 0.347 e. The summed E-state index contributed by atoms with van der Waals surface area (Å²) in [6.45, 7) is 0. The number of rotatable bonds is 0. The van der Waals surface area contributed by atoms with E-state index in [1.807, 2.05) is 48.5 Å². The number of nitrogens with zero attached hydrogens (tertiary/aromatic N) is 8. The van der Waals surface area contributed by atoms with Gasteiger partial charge >= 0.3 is 9.84 Å². The zero-order valence-electron chi connectivity index (χ0n) is 21.3. The predicted molar refractivity (Wildman–Crippen MR) is 161 cm³/mol. The number of fused-ring (bicyclic) bond motifs is 14. The zero-order chi connectivity index (χ0) is 26.7. The quantitative estimate of drug-likeness (QED) is 0.255. The van der Waals surface area contributed by atoms with Crippen molar-refractivity contribution in [3.8, 4) is 0 Å². The van der Waals surface area contributed by atoms with E-state index in [0.29, 0.717) is 23.3 Å². The second-order valence-electron chi connectivity index (χ2n) is 10.2. The lowest BCUT2D eigenvalue weighted by Crippen LogP contribution is -2.36. The van der Waals surface area contributed by atoms with E-state index in [1.165, 1.54) is 0 Å². The van der Waals surface area contributed by atoms with Gasteiger partial charge in [-0.3, -0.25) is 0 Å². The van der Waals surface area contributed by atoms with Crippen molar-refractivity contribution in [2.24, 2.45) is 30.0 Å². The van der Waals surface area contributed by atoms with Gasteiger partial charge in [0.15, 0.2) is 23.3 Å². The van der Waals surface area contributed by atoms with E-state index >= 15 is 0 Å². The van der Waals surface area contributed by atoms with Gasteiger partial charge in [0, 0.05) is 43.8 Å². The molecule has 8 nitrogen and oxygen atoms in total. The molecule has 41 heavy (non-hydrogen) atoms. The van der Waals surface area contributed by atoms with Gasteiger partial charge in [-0.15, -0.1) is 0 Å². The van der Waals surface area contributed by atoms with Crippen molar-refractivity contribution < 1.29 is 0 Å². The summed E-state index contributed by atoms with van der Waals surface area (Å²) in [5.41, 5.74) is 5.49. The van der Waals surface area contributed by atoms with Crippen LogP contribution in [0.1, 0.15) is 22.3 Å². The van der Waals surface area contributed by atoms with E-state index < -0.39 is 0 Å². The Balaban J connectivity index is 1.48. The fourth-order valence-corrected chi connectivity index (χ4v) is 7.35. The first-order valence-electron chi connectivity index (χ1n) is 13.3. The average molecular weight is 541 g/mol. The molecule has 4 aromatic carbocycles. The molecule has 0 amide bonds. The van der Waals surface area contributed by atoms with Crippen LogP contribution in [0.15, 0.2) is 127 Å². The SMILES string of the molecule is c1ccc2c(c1)C1=NC2=Nc2c3ccccc3c3n2[Si]n2c(c4ccccc4c2=NC2=NC(=N3)c3ccccc32)=N1. The van der Waals surface area contributed by atoms with Crippen molar-refractivity contribution in [1.29, 1.82) is 0 Å². The first-order valence-corrected chi connectivity index (χ1v) is 14.2. The van der Waals surface area contributed by atoms with Crippen LogP contribution in [0.3, 0.4) is 0 Å². The van der Waals surface area contributed by atoms with Gasteiger partial charge in [-0.1, -0.05) is 97.1 Å². The Labute approximate surface area is 234 Å². The summed E-state index contributed by atoms with van der Waals surface area (Å²) in [6.07, 6.45) is 0. The molecule has 6 bridgehead atoms. The summed E-state index contributed by atoms with van der Waals surface area (Å²) in [5, 5.41) is 4.04. The van der Waals surface area contributed by atoms with E-state index in [9.17, 15) is 0 Å². The van der Waals surface area contributed by atoms with Crippen LogP contribution in [0.25, 0.3) is 21.5 Å². The molecule has 6 heterocycles. The average Bonchev–Trinajstić information content (AvgIpc) is 3.72. The van der Waals surface area contributed by atoms with Crippen molar-refractivity contribution in [2.45, 2.75) is 0 Å². The third-order valence-electron chi connectivity index (χ3n) is 7.95. The Kier molecular flexibility index (Phi) is 3.92. The Morgan fingerprint density at radius 2 is 0.732 bits per heavy atom. The number of aromatic nitrogens is 2. The molecule has 0 atom stereocenters. The number of amidine groups is 4. The molecule has 2 aromatic heterocycles. The summed E-state index contributed by atoms with van der Waals surface area (Å²) in [5.74, 6) is 4.23.